The number of halogens is 1. The first-order valence-corrected chi connectivity index (χ1v) is 8.39. The van der Waals surface area contributed by atoms with Crippen molar-refractivity contribution in [3.05, 3.63) is 59.2 Å². The quantitative estimate of drug-likeness (QED) is 0.577. The van der Waals surface area contributed by atoms with Gasteiger partial charge in [-0.15, -0.1) is 0 Å². The van der Waals surface area contributed by atoms with Gasteiger partial charge in [-0.2, -0.15) is 5.10 Å². The summed E-state index contributed by atoms with van der Waals surface area (Å²) in [6.45, 7) is 1.22. The molecule has 0 saturated carbocycles. The molecule has 3 aromatic rings. The molecule has 4 N–H and O–H groups in total. The van der Waals surface area contributed by atoms with Crippen molar-refractivity contribution in [3.8, 4) is 0 Å². The number of pyridine rings is 1. The van der Waals surface area contributed by atoms with Gasteiger partial charge in [0.25, 0.3) is 5.91 Å². The number of amides is 2. The third kappa shape index (κ3) is 4.26. The summed E-state index contributed by atoms with van der Waals surface area (Å²) in [4.78, 5) is 38.7. The van der Waals surface area contributed by atoms with Crippen LogP contribution < -0.4 is 11.1 Å². The zero-order chi connectivity index (χ0) is 21.1. The molecule has 2 heterocycles. The van der Waals surface area contributed by atoms with Gasteiger partial charge in [-0.3, -0.25) is 9.59 Å². The average molecular weight is 397 g/mol. The number of nitrogens with zero attached hydrogens (tertiary/aromatic N) is 3. The molecule has 0 aliphatic heterocycles. The van der Waals surface area contributed by atoms with E-state index in [4.69, 9.17) is 5.73 Å². The number of carboxylic acids is 1. The molecule has 148 valence electrons. The highest BCUT2D eigenvalue weighted by Gasteiger charge is 2.24. The summed E-state index contributed by atoms with van der Waals surface area (Å²) < 4.78 is 14.5. The molecular formula is C19H16FN5O4. The summed E-state index contributed by atoms with van der Waals surface area (Å²) in [5, 5.41) is 15.9. The Hall–Kier alpha value is -4.08. The molecule has 0 fully saturated rings. The molecule has 0 bridgehead atoms. The molecule has 2 amide bonds. The number of carbonyl (C=O) groups is 3. The first-order valence-electron chi connectivity index (χ1n) is 8.39. The predicted molar refractivity (Wildman–Crippen MR) is 102 cm³/mol. The summed E-state index contributed by atoms with van der Waals surface area (Å²) in [7, 11) is 0. The van der Waals surface area contributed by atoms with Crippen LogP contribution in [0.15, 0.2) is 36.4 Å². The van der Waals surface area contributed by atoms with Gasteiger partial charge < -0.3 is 16.2 Å². The highest BCUT2D eigenvalue weighted by atomic mass is 19.1. The van der Waals surface area contributed by atoms with Crippen molar-refractivity contribution in [3.63, 3.8) is 0 Å². The zero-order valence-corrected chi connectivity index (χ0v) is 15.2. The highest BCUT2D eigenvalue weighted by Crippen LogP contribution is 2.22. The molecule has 29 heavy (non-hydrogen) atoms. The van der Waals surface area contributed by atoms with Crippen molar-refractivity contribution in [2.24, 2.45) is 5.73 Å². The molecule has 0 spiro atoms. The van der Waals surface area contributed by atoms with Crippen LogP contribution in [0.4, 0.5) is 4.39 Å². The second kappa shape index (κ2) is 7.89. The van der Waals surface area contributed by atoms with Crippen molar-refractivity contribution in [1.29, 1.82) is 0 Å². The number of nitrogens with two attached hydrogens (primary N) is 1. The number of primary amides is 1. The summed E-state index contributed by atoms with van der Waals surface area (Å²) in [6, 6.07) is 8.46. The minimum absolute atomic E-state index is 0.175. The fourth-order valence-electron chi connectivity index (χ4n) is 2.70. The van der Waals surface area contributed by atoms with Crippen LogP contribution in [-0.2, 0) is 9.59 Å². The molecule has 1 aromatic carbocycles. The van der Waals surface area contributed by atoms with Crippen LogP contribution in [0, 0.1) is 5.82 Å². The standard InChI is InChI=1S/C19H16FN5O4/c1-10(26)22-18(17(21)27)25-15-8-7-14(19(28)29)23-16(15)13(24-25)6-5-11-3-2-4-12(20)9-11/h2-9,18H,1H3,(H2,21,27)(H,22,26)(H,28,29). The molecule has 2 aromatic heterocycles. The van der Waals surface area contributed by atoms with E-state index in [1.165, 1.54) is 43.3 Å². The van der Waals surface area contributed by atoms with E-state index in [0.29, 0.717) is 5.56 Å². The Balaban J connectivity index is 2.17. The van der Waals surface area contributed by atoms with Crippen LogP contribution in [0.2, 0.25) is 0 Å². The van der Waals surface area contributed by atoms with Gasteiger partial charge in [0.1, 0.15) is 22.7 Å². The maximum Gasteiger partial charge on any atom is 0.354 e. The van der Waals surface area contributed by atoms with E-state index in [0.717, 1.165) is 4.68 Å². The largest absolute Gasteiger partial charge is 0.477 e. The SMILES string of the molecule is CC(=O)NC(C(N)=O)n1nc(C=Cc2cccc(F)c2)c2nc(C(=O)O)ccc21. The van der Waals surface area contributed by atoms with E-state index in [1.54, 1.807) is 12.1 Å². The Morgan fingerprint density at radius 2 is 2.00 bits per heavy atom. The Morgan fingerprint density at radius 1 is 1.24 bits per heavy atom. The van der Waals surface area contributed by atoms with Gasteiger partial charge in [0.05, 0.1) is 5.52 Å². The normalized spacial score (nSPS) is 12.2. The number of fused-ring (bicyclic) bond motifs is 1. The monoisotopic (exact) mass is 397 g/mol. The lowest BCUT2D eigenvalue weighted by atomic mass is 10.2. The Labute approximate surface area is 163 Å². The van der Waals surface area contributed by atoms with E-state index >= 15 is 0 Å². The molecule has 0 radical (unpaired) electrons. The lowest BCUT2D eigenvalue weighted by molar-refractivity contribution is -0.128. The summed E-state index contributed by atoms with van der Waals surface area (Å²) >= 11 is 0. The van der Waals surface area contributed by atoms with Crippen molar-refractivity contribution in [2.75, 3.05) is 0 Å². The summed E-state index contributed by atoms with van der Waals surface area (Å²) in [5.74, 6) is -3.04. The second-order valence-electron chi connectivity index (χ2n) is 6.09. The molecular weight excluding hydrogens is 381 g/mol. The molecule has 3 rings (SSSR count). The van der Waals surface area contributed by atoms with E-state index in [1.807, 2.05) is 0 Å². The zero-order valence-electron chi connectivity index (χ0n) is 15.2. The van der Waals surface area contributed by atoms with Gasteiger partial charge in [0.15, 0.2) is 0 Å². The molecule has 0 saturated heterocycles. The van der Waals surface area contributed by atoms with E-state index in [9.17, 15) is 23.9 Å². The number of rotatable bonds is 6. The summed E-state index contributed by atoms with van der Waals surface area (Å²) in [5.41, 5.74) is 6.37. The fraction of sp³-hybridized carbons (Fsp3) is 0.105. The lowest BCUT2D eigenvalue weighted by Gasteiger charge is -2.15. The smallest absolute Gasteiger partial charge is 0.354 e. The van der Waals surface area contributed by atoms with Gasteiger partial charge in [-0.25, -0.2) is 18.9 Å². The number of carboxylic acid groups (broad SMARTS) is 1. The van der Waals surface area contributed by atoms with Crippen molar-refractivity contribution in [2.45, 2.75) is 13.1 Å². The topological polar surface area (TPSA) is 140 Å². The molecule has 1 unspecified atom stereocenters. The van der Waals surface area contributed by atoms with Crippen LogP contribution in [0.1, 0.15) is 34.8 Å². The van der Waals surface area contributed by atoms with E-state index < -0.39 is 29.8 Å². The fourth-order valence-corrected chi connectivity index (χ4v) is 2.70. The summed E-state index contributed by atoms with van der Waals surface area (Å²) in [6.07, 6.45) is 1.75. The van der Waals surface area contributed by atoms with Crippen molar-refractivity contribution < 1.29 is 23.9 Å². The van der Waals surface area contributed by atoms with Crippen LogP contribution in [0.25, 0.3) is 23.2 Å². The van der Waals surface area contributed by atoms with Crippen molar-refractivity contribution >= 4 is 41.0 Å². The Bertz CT molecular complexity index is 1150. The van der Waals surface area contributed by atoms with Gasteiger partial charge in [0, 0.05) is 6.92 Å². The number of aromatic nitrogens is 3. The molecule has 0 aliphatic carbocycles. The number of hydrogen-bond donors (Lipinski definition) is 3. The molecule has 0 aliphatic rings. The number of aromatic carboxylic acids is 1. The molecule has 9 nitrogen and oxygen atoms in total. The van der Waals surface area contributed by atoms with Gasteiger partial charge >= 0.3 is 5.97 Å². The number of benzene rings is 1. The minimum atomic E-state index is -1.30. The third-order valence-electron chi connectivity index (χ3n) is 3.93. The molecule has 1 atom stereocenters. The van der Waals surface area contributed by atoms with Crippen LogP contribution in [0.5, 0.6) is 0 Å². The van der Waals surface area contributed by atoms with Crippen molar-refractivity contribution in [1.82, 2.24) is 20.1 Å². The van der Waals surface area contributed by atoms with Crippen LogP contribution in [-0.4, -0.2) is 37.7 Å². The van der Waals surface area contributed by atoms with Crippen LogP contribution in [0.3, 0.4) is 0 Å². The Kier molecular flexibility index (Phi) is 5.35. The number of hydrogen-bond acceptors (Lipinski definition) is 5. The average Bonchev–Trinajstić information content (AvgIpc) is 3.01. The predicted octanol–water partition coefficient (Wildman–Crippen LogP) is 1.56. The van der Waals surface area contributed by atoms with Crippen LogP contribution >= 0.6 is 0 Å². The maximum absolute atomic E-state index is 13.4. The van der Waals surface area contributed by atoms with Gasteiger partial charge in [-0.1, -0.05) is 18.2 Å². The first-order chi connectivity index (χ1) is 13.8. The number of nitrogens with one attached hydrogen (secondary N) is 1. The van der Waals surface area contributed by atoms with Gasteiger partial charge in [-0.05, 0) is 35.9 Å². The molecule has 10 heteroatoms. The number of carbonyl (C=O) groups excluding carboxylic acids is 2. The van der Waals surface area contributed by atoms with E-state index in [-0.39, 0.29) is 22.4 Å². The third-order valence-corrected chi connectivity index (χ3v) is 3.93. The lowest BCUT2D eigenvalue weighted by Crippen LogP contribution is -2.40. The Morgan fingerprint density at radius 3 is 2.62 bits per heavy atom. The second-order valence-corrected chi connectivity index (χ2v) is 6.09. The maximum atomic E-state index is 13.4. The van der Waals surface area contributed by atoms with Gasteiger partial charge in [0.2, 0.25) is 12.1 Å². The highest BCUT2D eigenvalue weighted by molar-refractivity contribution is 5.93. The minimum Gasteiger partial charge on any atom is -0.477 e. The first kappa shape index (κ1) is 19.7. The van der Waals surface area contributed by atoms with E-state index in [2.05, 4.69) is 15.4 Å².